The van der Waals surface area contributed by atoms with Gasteiger partial charge in [0.15, 0.2) is 0 Å². The van der Waals surface area contributed by atoms with E-state index < -0.39 is 0 Å². The number of carbonyl (C=O) groups is 1. The van der Waals surface area contributed by atoms with E-state index >= 15 is 0 Å². The molecule has 0 bridgehead atoms. The SMILES string of the molecule is O=C(ONc1cncc(Br)c1)N1CCC1. The minimum atomic E-state index is -0.346. The van der Waals surface area contributed by atoms with Crippen molar-refractivity contribution in [3.63, 3.8) is 0 Å². The molecule has 2 heterocycles. The molecule has 1 aromatic heterocycles. The summed E-state index contributed by atoms with van der Waals surface area (Å²) in [4.78, 5) is 21.7. The van der Waals surface area contributed by atoms with E-state index in [0.29, 0.717) is 5.69 Å². The Hall–Kier alpha value is -1.30. The van der Waals surface area contributed by atoms with Crippen LogP contribution in [-0.2, 0) is 4.84 Å². The third-order valence-electron chi connectivity index (χ3n) is 2.08. The zero-order chi connectivity index (χ0) is 10.7. The van der Waals surface area contributed by atoms with Crippen LogP contribution in [0, 0.1) is 0 Å². The first-order valence-electron chi connectivity index (χ1n) is 4.58. The van der Waals surface area contributed by atoms with Gasteiger partial charge in [0.25, 0.3) is 0 Å². The maximum Gasteiger partial charge on any atom is 0.434 e. The van der Waals surface area contributed by atoms with E-state index in [1.165, 1.54) is 0 Å². The number of nitrogens with one attached hydrogen (secondary N) is 1. The molecule has 15 heavy (non-hydrogen) atoms. The first kappa shape index (κ1) is 10.2. The molecule has 0 spiro atoms. The van der Waals surface area contributed by atoms with Gasteiger partial charge in [-0.15, -0.1) is 0 Å². The van der Waals surface area contributed by atoms with Gasteiger partial charge in [-0.1, -0.05) is 0 Å². The predicted molar refractivity (Wildman–Crippen MR) is 58.2 cm³/mol. The fourth-order valence-corrected chi connectivity index (χ4v) is 1.50. The van der Waals surface area contributed by atoms with Gasteiger partial charge >= 0.3 is 6.09 Å². The molecule has 0 aromatic carbocycles. The molecule has 0 saturated carbocycles. The minimum Gasteiger partial charge on any atom is -0.324 e. The van der Waals surface area contributed by atoms with Crippen LogP contribution in [0.2, 0.25) is 0 Å². The lowest BCUT2D eigenvalue weighted by Gasteiger charge is -2.29. The molecule has 0 unspecified atom stereocenters. The van der Waals surface area contributed by atoms with Gasteiger partial charge < -0.3 is 9.74 Å². The summed E-state index contributed by atoms with van der Waals surface area (Å²) in [6.45, 7) is 1.55. The number of nitrogens with zero attached hydrogens (tertiary/aromatic N) is 2. The van der Waals surface area contributed by atoms with Crippen LogP contribution >= 0.6 is 15.9 Å². The van der Waals surface area contributed by atoms with E-state index in [0.717, 1.165) is 24.0 Å². The van der Waals surface area contributed by atoms with Crippen molar-refractivity contribution >= 4 is 27.7 Å². The molecule has 1 saturated heterocycles. The second-order valence-corrected chi connectivity index (χ2v) is 4.12. The Balaban J connectivity index is 1.84. The van der Waals surface area contributed by atoms with Crippen LogP contribution in [0.15, 0.2) is 22.9 Å². The molecule has 0 radical (unpaired) electrons. The van der Waals surface area contributed by atoms with E-state index in [1.54, 1.807) is 23.4 Å². The molecule has 80 valence electrons. The summed E-state index contributed by atoms with van der Waals surface area (Å²) in [5.41, 5.74) is 3.19. The molecule has 5 nitrogen and oxygen atoms in total. The molecule has 0 aliphatic carbocycles. The number of carbonyl (C=O) groups excluding carboxylic acids is 1. The standard InChI is InChI=1S/C9H10BrN3O2/c10-7-4-8(6-11-5-7)12-15-9(14)13-2-1-3-13/h4-6,12H,1-3H2. The summed E-state index contributed by atoms with van der Waals surface area (Å²) in [6.07, 6.45) is 3.94. The first-order chi connectivity index (χ1) is 7.25. The van der Waals surface area contributed by atoms with Gasteiger partial charge in [0.05, 0.1) is 11.9 Å². The van der Waals surface area contributed by atoms with Gasteiger partial charge in [-0.05, 0) is 28.4 Å². The fraction of sp³-hybridized carbons (Fsp3) is 0.333. The van der Waals surface area contributed by atoms with E-state index in [9.17, 15) is 4.79 Å². The predicted octanol–water partition coefficient (Wildman–Crippen LogP) is 2.01. The van der Waals surface area contributed by atoms with Crippen LogP contribution in [0.5, 0.6) is 0 Å². The maximum atomic E-state index is 11.3. The van der Waals surface area contributed by atoms with Gasteiger partial charge in [-0.3, -0.25) is 4.98 Å². The Labute approximate surface area is 95.5 Å². The molecular formula is C9H10BrN3O2. The van der Waals surface area contributed by atoms with E-state index in [1.807, 2.05) is 0 Å². The molecule has 1 aromatic rings. The van der Waals surface area contributed by atoms with Gasteiger partial charge in [0.2, 0.25) is 0 Å². The van der Waals surface area contributed by atoms with Gasteiger partial charge in [-0.2, -0.15) is 0 Å². The Morgan fingerprint density at radius 2 is 2.33 bits per heavy atom. The molecule has 6 heteroatoms. The highest BCUT2D eigenvalue weighted by atomic mass is 79.9. The summed E-state index contributed by atoms with van der Waals surface area (Å²) in [5.74, 6) is 0. The number of amides is 1. The van der Waals surface area contributed by atoms with Gasteiger partial charge in [-0.25, -0.2) is 10.3 Å². The number of hydrogen-bond acceptors (Lipinski definition) is 4. The van der Waals surface area contributed by atoms with E-state index in [4.69, 9.17) is 4.84 Å². The molecule has 1 aliphatic heterocycles. The smallest absolute Gasteiger partial charge is 0.324 e. The van der Waals surface area contributed by atoms with Crippen LogP contribution in [0.1, 0.15) is 6.42 Å². The summed E-state index contributed by atoms with van der Waals surface area (Å²) in [6, 6.07) is 1.77. The summed E-state index contributed by atoms with van der Waals surface area (Å²) in [7, 11) is 0. The number of hydrogen-bond donors (Lipinski definition) is 1. The average Bonchev–Trinajstić information content (AvgIpc) is 2.12. The highest BCUT2D eigenvalue weighted by Crippen LogP contribution is 2.14. The van der Waals surface area contributed by atoms with Crippen LogP contribution < -0.4 is 5.48 Å². The van der Waals surface area contributed by atoms with Crippen molar-refractivity contribution in [1.29, 1.82) is 0 Å². The molecule has 1 aliphatic rings. The van der Waals surface area contributed by atoms with E-state index in [2.05, 4.69) is 26.4 Å². The number of aromatic nitrogens is 1. The molecular weight excluding hydrogens is 262 g/mol. The number of likely N-dealkylation sites (tertiary alicyclic amines) is 1. The molecule has 1 N–H and O–H groups in total. The third kappa shape index (κ3) is 2.59. The first-order valence-corrected chi connectivity index (χ1v) is 5.37. The summed E-state index contributed by atoms with van der Waals surface area (Å²) >= 11 is 3.27. The maximum absolute atomic E-state index is 11.3. The quantitative estimate of drug-likeness (QED) is 0.837. The Morgan fingerprint density at radius 1 is 1.53 bits per heavy atom. The highest BCUT2D eigenvalue weighted by Gasteiger charge is 2.21. The number of halogens is 1. The molecule has 0 atom stereocenters. The third-order valence-corrected chi connectivity index (χ3v) is 2.51. The van der Waals surface area contributed by atoms with Crippen molar-refractivity contribution in [2.75, 3.05) is 18.6 Å². The van der Waals surface area contributed by atoms with Crippen LogP contribution in [0.3, 0.4) is 0 Å². The number of rotatable bonds is 2. The lowest BCUT2D eigenvalue weighted by atomic mass is 10.2. The summed E-state index contributed by atoms with van der Waals surface area (Å²) in [5, 5.41) is 0. The van der Waals surface area contributed by atoms with Crippen LogP contribution in [0.4, 0.5) is 10.5 Å². The fourth-order valence-electron chi connectivity index (χ4n) is 1.13. The lowest BCUT2D eigenvalue weighted by molar-refractivity contribution is 0.0981. The normalized spacial score (nSPS) is 14.3. The van der Waals surface area contributed by atoms with Crippen molar-refractivity contribution in [3.8, 4) is 0 Å². The second-order valence-electron chi connectivity index (χ2n) is 3.20. The largest absolute Gasteiger partial charge is 0.434 e. The zero-order valence-corrected chi connectivity index (χ0v) is 9.53. The molecule has 1 fully saturated rings. The Bertz CT molecular complexity index is 368. The topological polar surface area (TPSA) is 54.5 Å². The van der Waals surface area contributed by atoms with E-state index in [-0.39, 0.29) is 6.09 Å². The monoisotopic (exact) mass is 271 g/mol. The number of anilines is 1. The highest BCUT2D eigenvalue weighted by molar-refractivity contribution is 9.10. The Kier molecular flexibility index (Phi) is 3.05. The van der Waals surface area contributed by atoms with Crippen molar-refractivity contribution in [2.45, 2.75) is 6.42 Å². The lowest BCUT2D eigenvalue weighted by Crippen LogP contribution is -2.43. The van der Waals surface area contributed by atoms with Crippen molar-refractivity contribution in [1.82, 2.24) is 9.88 Å². The van der Waals surface area contributed by atoms with Crippen LogP contribution in [0.25, 0.3) is 0 Å². The average molecular weight is 272 g/mol. The zero-order valence-electron chi connectivity index (χ0n) is 7.94. The second kappa shape index (κ2) is 4.48. The van der Waals surface area contributed by atoms with Gasteiger partial charge in [0, 0.05) is 23.8 Å². The summed E-state index contributed by atoms with van der Waals surface area (Å²) < 4.78 is 0.826. The van der Waals surface area contributed by atoms with Crippen molar-refractivity contribution in [2.24, 2.45) is 0 Å². The van der Waals surface area contributed by atoms with Crippen molar-refractivity contribution < 1.29 is 9.63 Å². The van der Waals surface area contributed by atoms with Gasteiger partial charge in [0.1, 0.15) is 0 Å². The molecule has 2 rings (SSSR count). The Morgan fingerprint density at radius 3 is 2.93 bits per heavy atom. The van der Waals surface area contributed by atoms with Crippen LogP contribution in [-0.4, -0.2) is 29.1 Å². The molecule has 1 amide bonds. The minimum absolute atomic E-state index is 0.346. The number of pyridine rings is 1. The van der Waals surface area contributed by atoms with Crippen molar-refractivity contribution in [3.05, 3.63) is 22.9 Å².